The van der Waals surface area contributed by atoms with E-state index in [9.17, 15) is 30.0 Å². The second kappa shape index (κ2) is 20.8. The van der Waals surface area contributed by atoms with Crippen molar-refractivity contribution in [3.05, 3.63) is 22.9 Å². The van der Waals surface area contributed by atoms with Gasteiger partial charge in [-0.3, -0.25) is 4.79 Å². The van der Waals surface area contributed by atoms with Crippen molar-refractivity contribution in [2.24, 2.45) is 5.92 Å². The normalized spacial score (nSPS) is 22.4. The van der Waals surface area contributed by atoms with Crippen LogP contribution in [0.25, 0.3) is 11.2 Å². The quantitative estimate of drug-likeness (QED) is 0.121. The van der Waals surface area contributed by atoms with Crippen LogP contribution in [0.1, 0.15) is 66.2 Å². The fourth-order valence-electron chi connectivity index (χ4n) is 7.33. The van der Waals surface area contributed by atoms with Crippen LogP contribution in [0.3, 0.4) is 0 Å². The first-order chi connectivity index (χ1) is 27.7. The van der Waals surface area contributed by atoms with E-state index >= 15 is 0 Å². The first-order valence-corrected chi connectivity index (χ1v) is 21.3. The van der Waals surface area contributed by atoms with Crippen LogP contribution in [0, 0.1) is 5.92 Å². The lowest BCUT2D eigenvalue weighted by atomic mass is 9.93. The highest BCUT2D eigenvalue weighted by molar-refractivity contribution is 9.10. The summed E-state index contributed by atoms with van der Waals surface area (Å²) in [5, 5.41) is 50.3. The number of carbonyl (C=O) groups excluding carboxylic acids is 1. The van der Waals surface area contributed by atoms with Crippen LogP contribution in [-0.2, 0) is 25.6 Å². The molecular weight excluding hydrogens is 842 g/mol. The zero-order valence-corrected chi connectivity index (χ0v) is 35.7. The molecule has 6 rings (SSSR count). The molecule has 18 nitrogen and oxygen atoms in total. The summed E-state index contributed by atoms with van der Waals surface area (Å²) in [5.74, 6) is -2.43. The molecule has 0 radical (unpaired) electrons. The number of fused-ring (bicyclic) bond motifs is 2. The number of nitrogens with two attached hydrogens (primary N) is 1. The van der Waals surface area contributed by atoms with Gasteiger partial charge in [-0.2, -0.15) is 0 Å². The average molecular weight is 899 g/mol. The summed E-state index contributed by atoms with van der Waals surface area (Å²) >= 11 is 5.05. The van der Waals surface area contributed by atoms with Gasteiger partial charge in [-0.1, -0.05) is 32.5 Å². The van der Waals surface area contributed by atoms with Crippen molar-refractivity contribution in [1.29, 1.82) is 0 Å². The number of halogens is 1. The number of piperidine rings is 1. The molecule has 2 aromatic heterocycles. The van der Waals surface area contributed by atoms with Gasteiger partial charge in [0.2, 0.25) is 6.79 Å². The molecule has 0 spiro atoms. The van der Waals surface area contributed by atoms with Gasteiger partial charge in [0.05, 0.1) is 24.9 Å². The maximum Gasteiger partial charge on any atom is 0.364 e. The van der Waals surface area contributed by atoms with Gasteiger partial charge in [-0.15, -0.1) is 0 Å². The van der Waals surface area contributed by atoms with Crippen molar-refractivity contribution in [3.8, 4) is 11.5 Å². The summed E-state index contributed by atoms with van der Waals surface area (Å²) in [6.45, 7) is 12.5. The Hall–Kier alpha value is -3.34. The third-order valence-electron chi connectivity index (χ3n) is 10.8. The lowest BCUT2D eigenvalue weighted by Gasteiger charge is -2.42. The van der Waals surface area contributed by atoms with E-state index in [-0.39, 0.29) is 31.4 Å². The number of aryl methyl sites for hydroxylation is 1. The summed E-state index contributed by atoms with van der Waals surface area (Å²) in [7, 11) is 0. The Bertz CT molecular complexity index is 1840. The Balaban J connectivity index is 0.000000839. The molecule has 0 saturated carbocycles. The third kappa shape index (κ3) is 11.1. The largest absolute Gasteiger partial charge is 0.477 e. The van der Waals surface area contributed by atoms with E-state index in [2.05, 4.69) is 51.6 Å². The minimum Gasteiger partial charge on any atom is -0.477 e. The van der Waals surface area contributed by atoms with Crippen LogP contribution >= 0.6 is 27.7 Å². The maximum absolute atomic E-state index is 13.5. The third-order valence-corrected chi connectivity index (χ3v) is 12.7. The molecular formula is C38H56BrN7O11S. The van der Waals surface area contributed by atoms with Gasteiger partial charge in [-0.05, 0) is 86.2 Å². The van der Waals surface area contributed by atoms with E-state index in [1.54, 1.807) is 4.90 Å². The molecule has 3 aliphatic heterocycles. The molecule has 322 valence electrons. The van der Waals surface area contributed by atoms with E-state index in [1.165, 1.54) is 44.6 Å². The van der Waals surface area contributed by atoms with Crippen molar-refractivity contribution >= 4 is 56.6 Å². The summed E-state index contributed by atoms with van der Waals surface area (Å²) in [6, 6.07) is 3.75. The molecule has 0 bridgehead atoms. The van der Waals surface area contributed by atoms with E-state index in [0.717, 1.165) is 15.8 Å². The highest BCUT2D eigenvalue weighted by atomic mass is 79.9. The lowest BCUT2D eigenvalue weighted by molar-refractivity contribution is -0.302. The summed E-state index contributed by atoms with van der Waals surface area (Å²) in [5.41, 5.74) is 7.28. The number of carbonyl (C=O) groups is 2. The molecule has 0 unspecified atom stereocenters. The lowest BCUT2D eigenvalue weighted by Crippen LogP contribution is -2.57. The van der Waals surface area contributed by atoms with Gasteiger partial charge in [0.25, 0.3) is 11.7 Å². The van der Waals surface area contributed by atoms with Crippen molar-refractivity contribution in [1.82, 2.24) is 29.3 Å². The fourth-order valence-corrected chi connectivity index (χ4v) is 8.83. The molecule has 1 amide bonds. The standard InChI is InChI=1S/C32H41BrN6O11S.C6H15N/c1-16(49-32(30(45)46)12-18(41)8-19(50-32)9-21(42)22(43)13-40)29(44)38-5-2-17(3-6-38)4-7-39-28-26(27(34)35-14-36-28)37-31(39)51-25-11-24-23(10-20(25)33)47-15-48-24;1-4-7(5-2)6-3/h10-11,14,16-19,21-22,40-43H,2-9,12-13,15H2,1H3,(H,45,46)(H2,34,35,36);4-6H2,1-3H3/t16-,18-,19-,21+,22-,32+;/m1./s1. The summed E-state index contributed by atoms with van der Waals surface area (Å²) in [4.78, 5) is 44.1. The molecule has 0 aliphatic carbocycles. The van der Waals surface area contributed by atoms with Crippen LogP contribution in [-0.4, -0.2) is 149 Å². The fraction of sp³-hybridized carbons (Fsp3) is 0.658. The second-order valence-corrected chi connectivity index (χ2v) is 16.5. The molecule has 2 saturated heterocycles. The van der Waals surface area contributed by atoms with Crippen LogP contribution in [0.15, 0.2) is 33.0 Å². The first-order valence-electron chi connectivity index (χ1n) is 19.7. The van der Waals surface area contributed by atoms with Crippen LogP contribution < -0.4 is 15.2 Å². The molecule has 1 aromatic carbocycles. The zero-order chi connectivity index (χ0) is 42.1. The topological polar surface area (TPSA) is 248 Å². The molecule has 3 aromatic rings. The number of rotatable bonds is 16. The number of amides is 1. The SMILES string of the molecule is CCN(CC)CC.C[C@@H](O[C@@]1(C(=O)O)C[C@H](O)C[C@H](C[C@H](O)[C@H](O)CO)O1)C(=O)N1CCC(CCn2c(Sc3cc4c(cc3Br)OCO4)nc3c(N)ncnc32)CC1. The van der Waals surface area contributed by atoms with Gasteiger partial charge in [0, 0.05) is 41.8 Å². The van der Waals surface area contributed by atoms with Crippen LogP contribution in [0.4, 0.5) is 5.82 Å². The number of aliphatic carboxylic acids is 1. The number of anilines is 1. The number of aliphatic hydroxyl groups excluding tert-OH is 4. The Morgan fingerprint density at radius 3 is 2.40 bits per heavy atom. The number of carboxylic acids is 1. The molecule has 7 N–H and O–H groups in total. The van der Waals surface area contributed by atoms with E-state index in [4.69, 9.17) is 34.8 Å². The van der Waals surface area contributed by atoms with Crippen molar-refractivity contribution in [2.45, 2.75) is 119 Å². The van der Waals surface area contributed by atoms with E-state index in [0.29, 0.717) is 60.3 Å². The number of likely N-dealkylation sites (tertiary alicyclic amines) is 1. The minimum absolute atomic E-state index is 0.0191. The van der Waals surface area contributed by atoms with Gasteiger partial charge in [-0.25, -0.2) is 19.7 Å². The average Bonchev–Trinajstić information content (AvgIpc) is 3.81. The Kier molecular flexibility index (Phi) is 16.4. The van der Waals surface area contributed by atoms with Crippen LogP contribution in [0.2, 0.25) is 0 Å². The number of nitrogen functional groups attached to an aromatic ring is 1. The zero-order valence-electron chi connectivity index (χ0n) is 33.3. The predicted octanol–water partition coefficient (Wildman–Crippen LogP) is 2.86. The number of hydrogen-bond acceptors (Lipinski definition) is 16. The predicted molar refractivity (Wildman–Crippen MR) is 216 cm³/mol. The monoisotopic (exact) mass is 897 g/mol. The first kappa shape index (κ1) is 45.7. The maximum atomic E-state index is 13.5. The molecule has 6 atom stereocenters. The highest BCUT2D eigenvalue weighted by Crippen LogP contribution is 2.43. The Morgan fingerprint density at radius 1 is 1.10 bits per heavy atom. The number of carboxylic acid groups (broad SMARTS) is 1. The van der Waals surface area contributed by atoms with E-state index in [1.807, 2.05) is 16.7 Å². The highest BCUT2D eigenvalue weighted by Gasteiger charge is 2.51. The summed E-state index contributed by atoms with van der Waals surface area (Å²) in [6.07, 6.45) is -3.39. The minimum atomic E-state index is -2.34. The van der Waals surface area contributed by atoms with Gasteiger partial charge >= 0.3 is 5.97 Å². The summed E-state index contributed by atoms with van der Waals surface area (Å²) < 4.78 is 25.4. The number of ether oxygens (including phenoxy) is 4. The number of hydrogen-bond donors (Lipinski definition) is 6. The Labute approximate surface area is 350 Å². The van der Waals surface area contributed by atoms with Gasteiger partial charge in [0.1, 0.15) is 18.5 Å². The molecule has 2 fully saturated rings. The van der Waals surface area contributed by atoms with Crippen LogP contribution in [0.5, 0.6) is 11.5 Å². The molecule has 3 aliphatic rings. The molecule has 20 heteroatoms. The number of nitrogens with zero attached hydrogens (tertiary/aromatic N) is 6. The van der Waals surface area contributed by atoms with Gasteiger partial charge < -0.3 is 64.6 Å². The molecule has 58 heavy (non-hydrogen) atoms. The van der Waals surface area contributed by atoms with Crippen molar-refractivity contribution in [3.63, 3.8) is 0 Å². The van der Waals surface area contributed by atoms with Crippen molar-refractivity contribution < 1.29 is 54.1 Å². The number of aliphatic hydroxyl groups is 4. The smallest absolute Gasteiger partial charge is 0.364 e. The molecule has 5 heterocycles. The Morgan fingerprint density at radius 2 is 1.78 bits per heavy atom. The number of benzene rings is 1. The number of aromatic nitrogens is 4. The van der Waals surface area contributed by atoms with E-state index < -0.39 is 61.2 Å². The second-order valence-electron chi connectivity index (χ2n) is 14.6. The van der Waals surface area contributed by atoms with Crippen molar-refractivity contribution in [2.75, 3.05) is 51.9 Å². The number of imidazole rings is 1. The van der Waals surface area contributed by atoms with Gasteiger partial charge in [0.15, 0.2) is 33.6 Å².